The lowest BCUT2D eigenvalue weighted by Gasteiger charge is -2.19. The highest BCUT2D eigenvalue weighted by Crippen LogP contribution is 2.29. The van der Waals surface area contributed by atoms with Gasteiger partial charge in [0.25, 0.3) is 0 Å². The summed E-state index contributed by atoms with van der Waals surface area (Å²) < 4.78 is 3.42. The zero-order chi connectivity index (χ0) is 20.1. The SMILES string of the molecule is Cc1cc(C(C)(C)O)ccc1-c1ccc2c(n1)n(C)c(=O)n2CC(C)(C)C. The number of imidazole rings is 1. The first-order valence-electron chi connectivity index (χ1n) is 9.29. The topological polar surface area (TPSA) is 60.1 Å². The molecule has 5 heteroatoms. The number of hydrogen-bond acceptors (Lipinski definition) is 3. The van der Waals surface area contributed by atoms with Crippen molar-refractivity contribution in [3.63, 3.8) is 0 Å². The fourth-order valence-electron chi connectivity index (χ4n) is 3.38. The van der Waals surface area contributed by atoms with E-state index in [1.165, 1.54) is 0 Å². The van der Waals surface area contributed by atoms with E-state index in [4.69, 9.17) is 4.98 Å². The van der Waals surface area contributed by atoms with Crippen LogP contribution in [0.15, 0.2) is 35.1 Å². The minimum Gasteiger partial charge on any atom is -0.386 e. The molecular weight excluding hydrogens is 338 g/mol. The molecule has 0 aliphatic heterocycles. The van der Waals surface area contributed by atoms with Crippen molar-refractivity contribution in [2.24, 2.45) is 12.5 Å². The van der Waals surface area contributed by atoms with Crippen LogP contribution in [-0.4, -0.2) is 19.2 Å². The van der Waals surface area contributed by atoms with Crippen LogP contribution >= 0.6 is 0 Å². The van der Waals surface area contributed by atoms with Gasteiger partial charge in [-0.2, -0.15) is 0 Å². The second kappa shape index (κ2) is 6.34. The molecular formula is C22H29N3O2. The van der Waals surface area contributed by atoms with Gasteiger partial charge < -0.3 is 5.11 Å². The molecule has 2 heterocycles. The predicted molar refractivity (Wildman–Crippen MR) is 110 cm³/mol. The number of hydrogen-bond donors (Lipinski definition) is 1. The standard InChI is InChI=1S/C22H29N3O2/c1-14-12-15(22(5,6)27)8-9-16(14)17-10-11-18-19(23-17)24(7)20(26)25(18)13-21(2,3)4/h8-12,27H,13H2,1-7H3. The first-order valence-corrected chi connectivity index (χ1v) is 9.29. The fraction of sp³-hybridized carbons (Fsp3) is 0.455. The van der Waals surface area contributed by atoms with E-state index < -0.39 is 5.60 Å². The molecule has 2 aromatic heterocycles. The molecule has 1 aromatic carbocycles. The van der Waals surface area contributed by atoms with Crippen molar-refractivity contribution in [2.75, 3.05) is 0 Å². The summed E-state index contributed by atoms with van der Waals surface area (Å²) in [6.45, 7) is 12.6. The Morgan fingerprint density at radius 1 is 1.07 bits per heavy atom. The summed E-state index contributed by atoms with van der Waals surface area (Å²) >= 11 is 0. The van der Waals surface area contributed by atoms with Gasteiger partial charge in [0.05, 0.1) is 16.8 Å². The predicted octanol–water partition coefficient (Wildman–Crippen LogP) is 3.98. The molecule has 0 spiro atoms. The molecule has 27 heavy (non-hydrogen) atoms. The Balaban J connectivity index is 2.13. The number of fused-ring (bicyclic) bond motifs is 1. The summed E-state index contributed by atoms with van der Waals surface area (Å²) in [4.78, 5) is 17.5. The summed E-state index contributed by atoms with van der Waals surface area (Å²) in [7, 11) is 1.77. The van der Waals surface area contributed by atoms with Gasteiger partial charge in [-0.15, -0.1) is 0 Å². The Hall–Kier alpha value is -2.40. The molecule has 5 nitrogen and oxygen atoms in total. The normalized spacial score (nSPS) is 12.7. The van der Waals surface area contributed by atoms with Crippen LogP contribution in [0.2, 0.25) is 0 Å². The summed E-state index contributed by atoms with van der Waals surface area (Å²) in [6.07, 6.45) is 0. The molecule has 144 valence electrons. The van der Waals surface area contributed by atoms with Crippen LogP contribution in [0.5, 0.6) is 0 Å². The average molecular weight is 367 g/mol. The van der Waals surface area contributed by atoms with Crippen molar-refractivity contribution in [2.45, 2.75) is 53.7 Å². The van der Waals surface area contributed by atoms with E-state index in [0.717, 1.165) is 27.9 Å². The van der Waals surface area contributed by atoms with Crippen molar-refractivity contribution in [1.82, 2.24) is 14.1 Å². The Morgan fingerprint density at radius 3 is 2.30 bits per heavy atom. The zero-order valence-electron chi connectivity index (χ0n) is 17.3. The molecule has 0 aliphatic rings. The van der Waals surface area contributed by atoms with Crippen molar-refractivity contribution in [3.05, 3.63) is 51.9 Å². The Morgan fingerprint density at radius 2 is 1.74 bits per heavy atom. The van der Waals surface area contributed by atoms with Gasteiger partial charge >= 0.3 is 5.69 Å². The second-order valence-corrected chi connectivity index (χ2v) is 9.12. The Bertz CT molecular complexity index is 1060. The van der Waals surface area contributed by atoms with Crippen LogP contribution in [0.4, 0.5) is 0 Å². The van der Waals surface area contributed by atoms with Crippen LogP contribution in [0.3, 0.4) is 0 Å². The number of nitrogens with zero attached hydrogens (tertiary/aromatic N) is 3. The van der Waals surface area contributed by atoms with E-state index in [-0.39, 0.29) is 11.1 Å². The minimum atomic E-state index is -0.880. The Labute approximate surface area is 160 Å². The summed E-state index contributed by atoms with van der Waals surface area (Å²) in [5, 5.41) is 10.2. The molecule has 3 aromatic rings. The summed E-state index contributed by atoms with van der Waals surface area (Å²) in [6, 6.07) is 9.85. The fourth-order valence-corrected chi connectivity index (χ4v) is 3.38. The molecule has 0 saturated heterocycles. The lowest BCUT2D eigenvalue weighted by molar-refractivity contribution is 0.0785. The highest BCUT2D eigenvalue weighted by atomic mass is 16.3. The van der Waals surface area contributed by atoms with Crippen LogP contribution in [0, 0.1) is 12.3 Å². The number of aromatic nitrogens is 3. The number of benzene rings is 1. The van der Waals surface area contributed by atoms with Crippen molar-refractivity contribution in [1.29, 1.82) is 0 Å². The van der Waals surface area contributed by atoms with Gasteiger partial charge in [0.1, 0.15) is 0 Å². The second-order valence-electron chi connectivity index (χ2n) is 9.12. The van der Waals surface area contributed by atoms with Crippen LogP contribution in [0.1, 0.15) is 45.7 Å². The highest BCUT2D eigenvalue weighted by molar-refractivity contribution is 5.77. The van der Waals surface area contributed by atoms with E-state index in [2.05, 4.69) is 20.8 Å². The van der Waals surface area contributed by atoms with E-state index >= 15 is 0 Å². The monoisotopic (exact) mass is 367 g/mol. The van der Waals surface area contributed by atoms with Gasteiger partial charge in [-0.25, -0.2) is 9.78 Å². The number of aryl methyl sites for hydroxylation is 2. The van der Waals surface area contributed by atoms with Crippen molar-refractivity contribution >= 4 is 11.2 Å². The molecule has 3 rings (SSSR count). The van der Waals surface area contributed by atoms with Crippen LogP contribution in [-0.2, 0) is 19.2 Å². The molecule has 1 N–H and O–H groups in total. The van der Waals surface area contributed by atoms with Gasteiger partial charge in [-0.1, -0.05) is 39.0 Å². The van der Waals surface area contributed by atoms with Gasteiger partial charge in [0.15, 0.2) is 5.65 Å². The van der Waals surface area contributed by atoms with Gasteiger partial charge in [0, 0.05) is 19.2 Å². The maximum absolute atomic E-state index is 12.7. The molecule has 0 bridgehead atoms. The molecule has 0 aliphatic carbocycles. The third kappa shape index (κ3) is 3.69. The van der Waals surface area contributed by atoms with E-state index in [9.17, 15) is 9.90 Å². The zero-order valence-corrected chi connectivity index (χ0v) is 17.3. The third-order valence-electron chi connectivity index (χ3n) is 4.82. The van der Waals surface area contributed by atoms with Gasteiger partial charge in [0.2, 0.25) is 0 Å². The maximum atomic E-state index is 12.7. The number of pyridine rings is 1. The first kappa shape index (κ1) is 19.4. The molecule has 0 radical (unpaired) electrons. The third-order valence-corrected chi connectivity index (χ3v) is 4.82. The molecule has 0 unspecified atom stereocenters. The van der Waals surface area contributed by atoms with E-state index in [1.54, 1.807) is 30.0 Å². The number of aliphatic hydroxyl groups is 1. The molecule has 0 amide bonds. The van der Waals surface area contributed by atoms with E-state index in [0.29, 0.717) is 12.2 Å². The lowest BCUT2D eigenvalue weighted by atomic mass is 9.93. The molecule has 0 saturated carbocycles. The van der Waals surface area contributed by atoms with Crippen molar-refractivity contribution < 1.29 is 5.11 Å². The quantitative estimate of drug-likeness (QED) is 0.762. The lowest BCUT2D eigenvalue weighted by Crippen LogP contribution is -2.27. The van der Waals surface area contributed by atoms with Crippen LogP contribution < -0.4 is 5.69 Å². The maximum Gasteiger partial charge on any atom is 0.330 e. The minimum absolute atomic E-state index is 0.000296. The Kier molecular flexibility index (Phi) is 4.55. The van der Waals surface area contributed by atoms with Gasteiger partial charge in [-0.05, 0) is 49.4 Å². The number of rotatable bonds is 3. The average Bonchev–Trinajstić information content (AvgIpc) is 2.77. The van der Waals surface area contributed by atoms with E-state index in [1.807, 2.05) is 37.3 Å². The van der Waals surface area contributed by atoms with Crippen LogP contribution in [0.25, 0.3) is 22.4 Å². The smallest absolute Gasteiger partial charge is 0.330 e. The largest absolute Gasteiger partial charge is 0.386 e. The van der Waals surface area contributed by atoms with Crippen molar-refractivity contribution in [3.8, 4) is 11.3 Å². The molecule has 0 atom stereocenters. The highest BCUT2D eigenvalue weighted by Gasteiger charge is 2.20. The van der Waals surface area contributed by atoms with Gasteiger partial charge in [-0.3, -0.25) is 9.13 Å². The summed E-state index contributed by atoms with van der Waals surface area (Å²) in [5.41, 5.74) is 4.36. The first-order chi connectivity index (χ1) is 12.4. The molecule has 0 fully saturated rings. The summed E-state index contributed by atoms with van der Waals surface area (Å²) in [5.74, 6) is 0.